The molecule has 13 heteroatoms. The van der Waals surface area contributed by atoms with Gasteiger partial charge in [0.2, 0.25) is 23.6 Å². The van der Waals surface area contributed by atoms with E-state index in [1.807, 2.05) is 60.7 Å². The Morgan fingerprint density at radius 2 is 1.28 bits per heavy atom. The van der Waals surface area contributed by atoms with Gasteiger partial charge in [-0.1, -0.05) is 60.7 Å². The minimum Gasteiger partial charge on any atom is -0.444 e. The van der Waals surface area contributed by atoms with Crippen molar-refractivity contribution in [2.24, 2.45) is 5.73 Å². The van der Waals surface area contributed by atoms with Gasteiger partial charge in [-0.3, -0.25) is 19.2 Å². The molecule has 6 N–H and O–H groups in total. The predicted molar refractivity (Wildman–Crippen MR) is 170 cm³/mol. The molecular weight excluding hydrogens is 590 g/mol. The maximum atomic E-state index is 12.9. The highest BCUT2D eigenvalue weighted by Crippen LogP contribution is 2.15. The van der Waals surface area contributed by atoms with Crippen LogP contribution in [-0.4, -0.2) is 71.5 Å². The highest BCUT2D eigenvalue weighted by molar-refractivity contribution is 7.98. The summed E-state index contributed by atoms with van der Waals surface area (Å²) in [7, 11) is 0. The number of nitrogens with one attached hydrogen (secondary N) is 4. The topological polar surface area (TPSA) is 169 Å². The molecule has 2 rings (SSSR count). The lowest BCUT2D eigenvalue weighted by molar-refractivity contribution is -0.131. The van der Waals surface area contributed by atoms with E-state index in [-0.39, 0.29) is 11.5 Å². The Morgan fingerprint density at radius 3 is 1.77 bits per heavy atom. The van der Waals surface area contributed by atoms with Crippen molar-refractivity contribution in [3.8, 4) is 0 Å². The van der Waals surface area contributed by atoms with Gasteiger partial charge in [-0.15, -0.1) is 0 Å². The summed E-state index contributed by atoms with van der Waals surface area (Å²) in [4.78, 5) is 62.3. The van der Waals surface area contributed by atoms with E-state index in [1.165, 1.54) is 30.4 Å². The summed E-state index contributed by atoms with van der Waals surface area (Å²) in [6.45, 7) is 6.16. The molecular formula is C30H41N5O6S2. The second kappa shape index (κ2) is 18.1. The first-order chi connectivity index (χ1) is 20.3. The summed E-state index contributed by atoms with van der Waals surface area (Å²) in [5, 5.41) is 10.1. The normalized spacial score (nSPS) is 13.1. The van der Waals surface area contributed by atoms with Crippen LogP contribution in [0.3, 0.4) is 0 Å². The molecule has 0 aliphatic heterocycles. The van der Waals surface area contributed by atoms with Gasteiger partial charge in [0, 0.05) is 23.0 Å². The number of amides is 5. The molecule has 2 aromatic rings. The highest BCUT2D eigenvalue weighted by atomic mass is 32.2. The number of rotatable bonds is 16. The van der Waals surface area contributed by atoms with Crippen molar-refractivity contribution in [2.75, 3.05) is 18.1 Å². The quantitative estimate of drug-likeness (QED) is 0.188. The first-order valence-electron chi connectivity index (χ1n) is 13.7. The van der Waals surface area contributed by atoms with Crippen LogP contribution in [0.2, 0.25) is 0 Å². The summed E-state index contributed by atoms with van der Waals surface area (Å²) in [6, 6.07) is 16.4. The van der Waals surface area contributed by atoms with Crippen LogP contribution in [0.25, 0.3) is 0 Å². The Hall–Kier alpha value is -3.71. The maximum absolute atomic E-state index is 12.9. The van der Waals surface area contributed by atoms with E-state index in [2.05, 4.69) is 21.3 Å². The van der Waals surface area contributed by atoms with Gasteiger partial charge >= 0.3 is 6.09 Å². The van der Waals surface area contributed by atoms with E-state index >= 15 is 0 Å². The van der Waals surface area contributed by atoms with E-state index < -0.39 is 60.0 Å². The molecule has 234 valence electrons. The smallest absolute Gasteiger partial charge is 0.408 e. The lowest BCUT2D eigenvalue weighted by Crippen LogP contribution is -2.55. The van der Waals surface area contributed by atoms with Gasteiger partial charge < -0.3 is 31.7 Å². The average Bonchev–Trinajstić information content (AvgIpc) is 2.94. The number of hydrogen-bond donors (Lipinski definition) is 5. The fourth-order valence-electron chi connectivity index (χ4n) is 3.51. The molecule has 0 aromatic heterocycles. The Balaban J connectivity index is 1.85. The zero-order valence-electron chi connectivity index (χ0n) is 24.9. The molecule has 0 radical (unpaired) electrons. The molecule has 0 aliphatic carbocycles. The van der Waals surface area contributed by atoms with E-state index in [9.17, 15) is 24.0 Å². The molecule has 0 bridgehead atoms. The molecule has 0 heterocycles. The lowest BCUT2D eigenvalue weighted by Gasteiger charge is -2.23. The molecule has 2 aromatic carbocycles. The van der Waals surface area contributed by atoms with Crippen LogP contribution in [0.1, 0.15) is 38.8 Å². The number of primary amides is 1. The fourth-order valence-corrected chi connectivity index (χ4v) is 5.56. The number of ether oxygens (including phenoxy) is 1. The van der Waals surface area contributed by atoms with Gasteiger partial charge in [-0.25, -0.2) is 4.79 Å². The fraction of sp³-hybridized carbons (Fsp3) is 0.433. The molecule has 0 saturated heterocycles. The van der Waals surface area contributed by atoms with Crippen molar-refractivity contribution >= 4 is 53.2 Å². The van der Waals surface area contributed by atoms with Crippen molar-refractivity contribution in [1.29, 1.82) is 0 Å². The zero-order chi connectivity index (χ0) is 31.8. The van der Waals surface area contributed by atoms with Crippen LogP contribution in [0.5, 0.6) is 0 Å². The Bertz CT molecular complexity index is 1210. The van der Waals surface area contributed by atoms with Crippen LogP contribution in [0, 0.1) is 0 Å². The molecule has 0 unspecified atom stereocenters. The monoisotopic (exact) mass is 631 g/mol. The average molecular weight is 632 g/mol. The van der Waals surface area contributed by atoms with E-state index in [4.69, 9.17) is 10.5 Å². The van der Waals surface area contributed by atoms with Crippen molar-refractivity contribution < 1.29 is 28.7 Å². The summed E-state index contributed by atoms with van der Waals surface area (Å²) in [5.74, 6) is -0.732. The van der Waals surface area contributed by atoms with Crippen LogP contribution >= 0.6 is 23.5 Å². The van der Waals surface area contributed by atoms with Gasteiger partial charge in [0.25, 0.3) is 0 Å². The predicted octanol–water partition coefficient (Wildman–Crippen LogP) is 2.34. The molecule has 43 heavy (non-hydrogen) atoms. The largest absolute Gasteiger partial charge is 0.444 e. The molecule has 0 spiro atoms. The summed E-state index contributed by atoms with van der Waals surface area (Å²) >= 11 is 2.88. The number of hydrogen-bond acceptors (Lipinski definition) is 8. The SMILES string of the molecule is C[C@H](NC(=O)CNC(=O)[C@H](CSCc1ccccc1)NC(=O)OC(C)(C)C)C(=O)N[C@@H](CSCc1ccccc1)C(N)=O. The van der Waals surface area contributed by atoms with Crippen molar-refractivity contribution in [2.45, 2.75) is 62.9 Å². The van der Waals surface area contributed by atoms with Crippen molar-refractivity contribution in [1.82, 2.24) is 21.3 Å². The van der Waals surface area contributed by atoms with Gasteiger partial charge in [0.1, 0.15) is 23.7 Å². The van der Waals surface area contributed by atoms with Crippen molar-refractivity contribution in [3.05, 3.63) is 71.8 Å². The zero-order valence-corrected chi connectivity index (χ0v) is 26.5. The van der Waals surface area contributed by atoms with E-state index in [1.54, 1.807) is 20.8 Å². The van der Waals surface area contributed by atoms with Crippen LogP contribution < -0.4 is 27.0 Å². The summed E-state index contributed by atoms with van der Waals surface area (Å²) in [5.41, 5.74) is 6.84. The second-order valence-electron chi connectivity index (χ2n) is 10.7. The van der Waals surface area contributed by atoms with Gasteiger partial charge in [-0.05, 0) is 38.8 Å². The Morgan fingerprint density at radius 1 is 0.767 bits per heavy atom. The third kappa shape index (κ3) is 14.8. The molecule has 5 amide bonds. The Labute approximate surface area is 261 Å². The van der Waals surface area contributed by atoms with Crippen LogP contribution in [-0.2, 0) is 35.4 Å². The molecule has 3 atom stereocenters. The third-order valence-electron chi connectivity index (χ3n) is 5.65. The first-order valence-corrected chi connectivity index (χ1v) is 16.0. The molecule has 0 fully saturated rings. The summed E-state index contributed by atoms with van der Waals surface area (Å²) in [6.07, 6.45) is -0.756. The Kier molecular flexibility index (Phi) is 14.9. The summed E-state index contributed by atoms with van der Waals surface area (Å²) < 4.78 is 5.29. The third-order valence-corrected chi connectivity index (χ3v) is 7.87. The molecule has 0 aliphatic rings. The first kappa shape index (κ1) is 35.5. The number of carbonyl (C=O) groups excluding carboxylic acids is 5. The minimum absolute atomic E-state index is 0.233. The number of benzene rings is 2. The standard InChI is InChI=1S/C30H41N5O6S2/c1-20(27(38)34-23(26(31)37)18-42-16-21-11-7-5-8-12-21)33-25(36)15-32-28(39)24(35-29(40)41-30(2,3)4)19-43-17-22-13-9-6-10-14-22/h5-14,20,23-24H,15-19H2,1-4H3,(H2,31,37)(H,32,39)(H,33,36)(H,34,38)(H,35,40)/t20-,23-,24-/m0/s1. The van der Waals surface area contributed by atoms with Crippen molar-refractivity contribution in [3.63, 3.8) is 0 Å². The van der Waals surface area contributed by atoms with E-state index in [0.717, 1.165) is 11.1 Å². The number of thioether (sulfide) groups is 2. The molecule has 11 nitrogen and oxygen atoms in total. The number of nitrogens with two attached hydrogens (primary N) is 1. The lowest BCUT2D eigenvalue weighted by atomic mass is 10.2. The van der Waals surface area contributed by atoms with Gasteiger partial charge in [0.05, 0.1) is 6.54 Å². The van der Waals surface area contributed by atoms with Crippen LogP contribution in [0.15, 0.2) is 60.7 Å². The van der Waals surface area contributed by atoms with E-state index in [0.29, 0.717) is 11.5 Å². The molecule has 0 saturated carbocycles. The minimum atomic E-state index is -0.998. The highest BCUT2D eigenvalue weighted by Gasteiger charge is 2.26. The maximum Gasteiger partial charge on any atom is 0.408 e. The van der Waals surface area contributed by atoms with Gasteiger partial charge in [0.15, 0.2) is 0 Å². The second-order valence-corrected chi connectivity index (χ2v) is 12.7. The van der Waals surface area contributed by atoms with Crippen LogP contribution in [0.4, 0.5) is 4.79 Å². The number of carbonyl (C=O) groups is 5. The number of alkyl carbamates (subject to hydrolysis) is 1. The van der Waals surface area contributed by atoms with Gasteiger partial charge in [-0.2, -0.15) is 23.5 Å².